The Morgan fingerprint density at radius 2 is 2.00 bits per heavy atom. The maximum Gasteiger partial charge on any atom is 0.180 e. The number of pyridine rings is 1. The first-order valence-corrected chi connectivity index (χ1v) is 5.90. The number of rotatable bonds is 1. The maximum absolute atomic E-state index is 6.01. The summed E-state index contributed by atoms with van der Waals surface area (Å²) < 4.78 is 0. The molecule has 90 valence electrons. The number of H-pyrrole nitrogens is 1. The first-order valence-electron chi connectivity index (χ1n) is 5.52. The average Bonchev–Trinajstić information content (AvgIpc) is 2.75. The van der Waals surface area contributed by atoms with E-state index < -0.39 is 0 Å². The average molecular weight is 259 g/mol. The third kappa shape index (κ3) is 1.80. The Hall–Kier alpha value is -2.07. The molecule has 3 rings (SSSR count). The molecular weight excluding hydrogens is 248 g/mol. The SMILES string of the molecule is Cc1cc(-c2nc3nc(N)ccc3[nH]2)ccc1Cl. The van der Waals surface area contributed by atoms with Crippen molar-refractivity contribution in [3.63, 3.8) is 0 Å². The summed E-state index contributed by atoms with van der Waals surface area (Å²) in [7, 11) is 0. The molecule has 2 heterocycles. The van der Waals surface area contributed by atoms with Gasteiger partial charge in [-0.1, -0.05) is 11.6 Å². The Bertz CT molecular complexity index is 733. The van der Waals surface area contributed by atoms with Gasteiger partial charge in [0.1, 0.15) is 11.6 Å². The first-order chi connectivity index (χ1) is 8.63. The highest BCUT2D eigenvalue weighted by atomic mass is 35.5. The van der Waals surface area contributed by atoms with E-state index >= 15 is 0 Å². The summed E-state index contributed by atoms with van der Waals surface area (Å²) in [5.41, 5.74) is 9.12. The zero-order valence-electron chi connectivity index (χ0n) is 9.74. The second-order valence-electron chi connectivity index (χ2n) is 4.16. The van der Waals surface area contributed by atoms with E-state index in [9.17, 15) is 0 Å². The predicted molar refractivity (Wildman–Crippen MR) is 73.5 cm³/mol. The Balaban J connectivity index is 2.16. The summed E-state index contributed by atoms with van der Waals surface area (Å²) in [4.78, 5) is 11.8. The lowest BCUT2D eigenvalue weighted by atomic mass is 10.1. The molecule has 3 aromatic rings. The van der Waals surface area contributed by atoms with Crippen molar-refractivity contribution in [2.45, 2.75) is 6.92 Å². The molecule has 0 aliphatic heterocycles. The molecule has 5 heteroatoms. The highest BCUT2D eigenvalue weighted by Crippen LogP contribution is 2.24. The van der Waals surface area contributed by atoms with Crippen molar-refractivity contribution >= 4 is 28.6 Å². The van der Waals surface area contributed by atoms with E-state index in [1.807, 2.05) is 31.2 Å². The van der Waals surface area contributed by atoms with Gasteiger partial charge in [0.05, 0.1) is 5.52 Å². The van der Waals surface area contributed by atoms with Crippen molar-refractivity contribution in [1.82, 2.24) is 15.0 Å². The van der Waals surface area contributed by atoms with Gasteiger partial charge in [0.15, 0.2) is 5.65 Å². The second kappa shape index (κ2) is 3.99. The monoisotopic (exact) mass is 258 g/mol. The van der Waals surface area contributed by atoms with Crippen LogP contribution in [0.15, 0.2) is 30.3 Å². The lowest BCUT2D eigenvalue weighted by Gasteiger charge is -2.00. The maximum atomic E-state index is 6.01. The molecule has 0 radical (unpaired) electrons. The van der Waals surface area contributed by atoms with E-state index in [0.717, 1.165) is 27.5 Å². The van der Waals surface area contributed by atoms with Crippen LogP contribution < -0.4 is 5.73 Å². The number of fused-ring (bicyclic) bond motifs is 1. The van der Waals surface area contributed by atoms with Crippen LogP contribution in [0.2, 0.25) is 5.02 Å². The minimum Gasteiger partial charge on any atom is -0.384 e. The molecule has 0 unspecified atom stereocenters. The Labute approximate surface area is 109 Å². The van der Waals surface area contributed by atoms with Gasteiger partial charge in [0, 0.05) is 10.6 Å². The molecule has 0 aliphatic carbocycles. The van der Waals surface area contributed by atoms with Gasteiger partial charge >= 0.3 is 0 Å². The number of nitrogens with two attached hydrogens (primary N) is 1. The third-order valence-electron chi connectivity index (χ3n) is 2.80. The number of anilines is 1. The van der Waals surface area contributed by atoms with Crippen molar-refractivity contribution in [2.75, 3.05) is 5.73 Å². The first kappa shape index (κ1) is 11.0. The molecule has 0 spiro atoms. The van der Waals surface area contributed by atoms with E-state index in [1.165, 1.54) is 0 Å². The van der Waals surface area contributed by atoms with Gasteiger partial charge in [0.25, 0.3) is 0 Å². The molecule has 0 saturated carbocycles. The zero-order chi connectivity index (χ0) is 12.7. The van der Waals surface area contributed by atoms with Crippen molar-refractivity contribution in [3.05, 3.63) is 40.9 Å². The molecule has 0 aliphatic rings. The molecule has 1 aromatic carbocycles. The second-order valence-corrected chi connectivity index (χ2v) is 4.56. The predicted octanol–water partition coefficient (Wildman–Crippen LogP) is 3.17. The lowest BCUT2D eigenvalue weighted by Crippen LogP contribution is -1.88. The van der Waals surface area contributed by atoms with Crippen LogP contribution in [0.4, 0.5) is 5.82 Å². The van der Waals surface area contributed by atoms with Crippen LogP contribution in [-0.4, -0.2) is 15.0 Å². The topological polar surface area (TPSA) is 67.6 Å². The molecule has 0 bridgehead atoms. The molecule has 0 atom stereocenters. The van der Waals surface area contributed by atoms with Crippen LogP contribution in [0.5, 0.6) is 0 Å². The van der Waals surface area contributed by atoms with Crippen LogP contribution in [0.1, 0.15) is 5.56 Å². The van der Waals surface area contributed by atoms with Crippen LogP contribution in [0.3, 0.4) is 0 Å². The smallest absolute Gasteiger partial charge is 0.180 e. The summed E-state index contributed by atoms with van der Waals surface area (Å²) in [6.07, 6.45) is 0. The number of nitrogen functional groups attached to an aromatic ring is 1. The van der Waals surface area contributed by atoms with Crippen molar-refractivity contribution in [3.8, 4) is 11.4 Å². The summed E-state index contributed by atoms with van der Waals surface area (Å²) in [5, 5.41) is 0.747. The number of imidazole rings is 1. The Morgan fingerprint density at radius 1 is 1.17 bits per heavy atom. The normalized spacial score (nSPS) is 11.0. The molecule has 0 fully saturated rings. The van der Waals surface area contributed by atoms with E-state index in [2.05, 4.69) is 15.0 Å². The van der Waals surface area contributed by atoms with Gasteiger partial charge in [-0.3, -0.25) is 0 Å². The summed E-state index contributed by atoms with van der Waals surface area (Å²) in [6, 6.07) is 9.40. The summed E-state index contributed by atoms with van der Waals surface area (Å²) in [5.74, 6) is 1.23. The fourth-order valence-electron chi connectivity index (χ4n) is 1.84. The number of halogens is 1. The van der Waals surface area contributed by atoms with Gasteiger partial charge in [-0.15, -0.1) is 0 Å². The van der Waals surface area contributed by atoms with E-state index in [4.69, 9.17) is 17.3 Å². The standard InChI is InChI=1S/C13H11ClN4/c1-7-6-8(2-3-9(7)14)12-16-10-4-5-11(15)17-13(10)18-12/h2-6H,1H3,(H3,15,16,17,18). The molecule has 3 N–H and O–H groups in total. The summed E-state index contributed by atoms with van der Waals surface area (Å²) >= 11 is 6.01. The number of aryl methyl sites for hydroxylation is 1. The number of aromatic nitrogens is 3. The molecule has 4 nitrogen and oxygen atoms in total. The fourth-order valence-corrected chi connectivity index (χ4v) is 1.95. The van der Waals surface area contributed by atoms with E-state index in [0.29, 0.717) is 11.5 Å². The highest BCUT2D eigenvalue weighted by molar-refractivity contribution is 6.31. The van der Waals surface area contributed by atoms with Crippen LogP contribution in [-0.2, 0) is 0 Å². The van der Waals surface area contributed by atoms with Crippen LogP contribution in [0.25, 0.3) is 22.6 Å². The fraction of sp³-hybridized carbons (Fsp3) is 0.0769. The Morgan fingerprint density at radius 3 is 2.78 bits per heavy atom. The lowest BCUT2D eigenvalue weighted by molar-refractivity contribution is 1.30. The number of nitrogens with one attached hydrogen (secondary N) is 1. The van der Waals surface area contributed by atoms with E-state index in [1.54, 1.807) is 6.07 Å². The van der Waals surface area contributed by atoms with Crippen LogP contribution in [0, 0.1) is 6.92 Å². The van der Waals surface area contributed by atoms with Crippen molar-refractivity contribution < 1.29 is 0 Å². The minimum atomic E-state index is 0.466. The quantitative estimate of drug-likeness (QED) is 0.704. The third-order valence-corrected chi connectivity index (χ3v) is 3.22. The molecule has 2 aromatic heterocycles. The van der Waals surface area contributed by atoms with Crippen molar-refractivity contribution in [1.29, 1.82) is 0 Å². The van der Waals surface area contributed by atoms with Gasteiger partial charge in [-0.05, 0) is 42.8 Å². The number of hydrogen-bond donors (Lipinski definition) is 2. The molecule has 18 heavy (non-hydrogen) atoms. The number of aromatic amines is 1. The summed E-state index contributed by atoms with van der Waals surface area (Å²) in [6.45, 7) is 1.96. The Kier molecular flexibility index (Phi) is 2.45. The van der Waals surface area contributed by atoms with Gasteiger partial charge in [-0.25, -0.2) is 9.97 Å². The number of benzene rings is 1. The molecule has 0 amide bonds. The van der Waals surface area contributed by atoms with Crippen molar-refractivity contribution in [2.24, 2.45) is 0 Å². The van der Waals surface area contributed by atoms with E-state index in [-0.39, 0.29) is 0 Å². The molecule has 0 saturated heterocycles. The number of nitrogens with zero attached hydrogens (tertiary/aromatic N) is 2. The highest BCUT2D eigenvalue weighted by Gasteiger charge is 2.07. The van der Waals surface area contributed by atoms with Crippen LogP contribution >= 0.6 is 11.6 Å². The van der Waals surface area contributed by atoms with Gasteiger partial charge in [-0.2, -0.15) is 0 Å². The van der Waals surface area contributed by atoms with Gasteiger partial charge < -0.3 is 10.7 Å². The number of hydrogen-bond acceptors (Lipinski definition) is 3. The minimum absolute atomic E-state index is 0.466. The van der Waals surface area contributed by atoms with Gasteiger partial charge in [0.2, 0.25) is 0 Å². The largest absolute Gasteiger partial charge is 0.384 e. The molecular formula is C13H11ClN4. The zero-order valence-corrected chi connectivity index (χ0v) is 10.5.